The lowest BCUT2D eigenvalue weighted by Crippen LogP contribution is -2.50. The van der Waals surface area contributed by atoms with Crippen molar-refractivity contribution in [3.8, 4) is 5.75 Å². The van der Waals surface area contributed by atoms with Gasteiger partial charge < -0.3 is 19.7 Å². The Hall–Kier alpha value is -2.28. The van der Waals surface area contributed by atoms with Crippen molar-refractivity contribution < 1.29 is 19.1 Å². The molecule has 8 heteroatoms. The van der Waals surface area contributed by atoms with Crippen LogP contribution in [0.1, 0.15) is 36.8 Å². The van der Waals surface area contributed by atoms with Crippen molar-refractivity contribution in [1.82, 2.24) is 10.2 Å². The molecule has 2 aromatic carbocycles. The average Bonchev–Trinajstić information content (AvgIpc) is 2.79. The molecule has 2 amide bonds. The Bertz CT molecular complexity index is 974. The van der Waals surface area contributed by atoms with E-state index in [1.807, 2.05) is 23.1 Å². The van der Waals surface area contributed by atoms with E-state index in [0.717, 1.165) is 10.6 Å². The molecule has 170 valence electrons. The Morgan fingerprint density at radius 1 is 1.12 bits per heavy atom. The predicted molar refractivity (Wildman–Crippen MR) is 123 cm³/mol. The number of benzene rings is 2. The number of carbonyl (C=O) groups is 2. The first kappa shape index (κ1) is 22.9. The van der Waals surface area contributed by atoms with E-state index in [0.29, 0.717) is 43.3 Å². The summed E-state index contributed by atoms with van der Waals surface area (Å²) in [6, 6.07) is 12.5. The summed E-state index contributed by atoms with van der Waals surface area (Å²) >= 11 is 12.0. The minimum Gasteiger partial charge on any atom is -0.484 e. The first-order valence-electron chi connectivity index (χ1n) is 10.8. The number of fused-ring (bicyclic) bond motifs is 1. The van der Waals surface area contributed by atoms with Gasteiger partial charge in [-0.3, -0.25) is 9.59 Å². The summed E-state index contributed by atoms with van der Waals surface area (Å²) in [6.45, 7) is 3.54. The number of hydrogen-bond donors (Lipinski definition) is 1. The normalized spacial score (nSPS) is 22.7. The Morgan fingerprint density at radius 2 is 1.88 bits per heavy atom. The summed E-state index contributed by atoms with van der Waals surface area (Å²) in [5, 5.41) is 4.24. The van der Waals surface area contributed by atoms with Gasteiger partial charge in [0.25, 0.3) is 11.8 Å². The van der Waals surface area contributed by atoms with Crippen LogP contribution in [0.3, 0.4) is 0 Å². The van der Waals surface area contributed by atoms with E-state index >= 15 is 0 Å². The number of nitrogens with one attached hydrogen (secondary N) is 1. The number of hydrogen-bond acceptors (Lipinski definition) is 4. The number of rotatable bonds is 5. The molecule has 0 saturated carbocycles. The van der Waals surface area contributed by atoms with Crippen LogP contribution in [0.5, 0.6) is 5.75 Å². The van der Waals surface area contributed by atoms with E-state index in [1.165, 1.54) is 5.56 Å². The van der Waals surface area contributed by atoms with Crippen molar-refractivity contribution >= 4 is 35.0 Å². The monoisotopic (exact) mass is 476 g/mol. The predicted octanol–water partition coefficient (Wildman–Crippen LogP) is 4.18. The molecule has 2 aliphatic rings. The molecule has 1 fully saturated rings. The molecule has 1 N–H and O–H groups in total. The van der Waals surface area contributed by atoms with Crippen molar-refractivity contribution in [1.29, 1.82) is 0 Å². The quantitative estimate of drug-likeness (QED) is 0.702. The van der Waals surface area contributed by atoms with Gasteiger partial charge in [-0.15, -0.1) is 0 Å². The second-order valence-electron chi connectivity index (χ2n) is 8.37. The SMILES string of the molecule is C[C@H]1CN(C(=O)[C@H]2CC[C@H](NC(=O)COc3ccc(Cl)cc3)CO2)Cc2ccc(Cl)cc21. The van der Waals surface area contributed by atoms with Crippen LogP contribution in [0.2, 0.25) is 10.0 Å². The molecule has 2 aromatic rings. The van der Waals surface area contributed by atoms with Crippen LogP contribution in [-0.2, 0) is 20.9 Å². The molecule has 0 spiro atoms. The van der Waals surface area contributed by atoms with E-state index < -0.39 is 6.10 Å². The van der Waals surface area contributed by atoms with E-state index in [2.05, 4.69) is 12.2 Å². The highest BCUT2D eigenvalue weighted by molar-refractivity contribution is 6.30. The zero-order chi connectivity index (χ0) is 22.7. The van der Waals surface area contributed by atoms with Crippen molar-refractivity contribution in [2.45, 2.75) is 44.4 Å². The Balaban J connectivity index is 1.23. The van der Waals surface area contributed by atoms with Crippen molar-refractivity contribution in [3.05, 3.63) is 63.6 Å². The molecule has 3 atom stereocenters. The van der Waals surface area contributed by atoms with E-state index in [4.69, 9.17) is 32.7 Å². The molecule has 2 heterocycles. The first-order chi connectivity index (χ1) is 15.4. The highest BCUT2D eigenvalue weighted by atomic mass is 35.5. The van der Waals surface area contributed by atoms with Gasteiger partial charge in [-0.05, 0) is 66.3 Å². The van der Waals surface area contributed by atoms with Crippen molar-refractivity contribution in [2.24, 2.45) is 0 Å². The van der Waals surface area contributed by atoms with Gasteiger partial charge >= 0.3 is 0 Å². The average molecular weight is 477 g/mol. The maximum absolute atomic E-state index is 13.0. The van der Waals surface area contributed by atoms with E-state index in [-0.39, 0.29) is 30.4 Å². The lowest BCUT2D eigenvalue weighted by Gasteiger charge is -2.37. The molecule has 0 aromatic heterocycles. The Morgan fingerprint density at radius 3 is 2.59 bits per heavy atom. The lowest BCUT2D eigenvalue weighted by atomic mass is 9.90. The largest absolute Gasteiger partial charge is 0.484 e. The number of carbonyl (C=O) groups excluding carboxylic acids is 2. The fourth-order valence-electron chi connectivity index (χ4n) is 4.25. The van der Waals surface area contributed by atoms with Crippen LogP contribution in [-0.4, -0.2) is 48.6 Å². The van der Waals surface area contributed by atoms with Gasteiger partial charge in [-0.2, -0.15) is 0 Å². The molecule has 32 heavy (non-hydrogen) atoms. The number of halogens is 2. The summed E-state index contributed by atoms with van der Waals surface area (Å²) < 4.78 is 11.3. The first-order valence-corrected chi connectivity index (χ1v) is 11.5. The molecule has 0 bridgehead atoms. The third-order valence-electron chi connectivity index (χ3n) is 5.91. The van der Waals surface area contributed by atoms with Gasteiger partial charge in [-0.1, -0.05) is 36.2 Å². The van der Waals surface area contributed by atoms with Gasteiger partial charge in [0.05, 0.1) is 12.6 Å². The van der Waals surface area contributed by atoms with Crippen LogP contribution >= 0.6 is 23.2 Å². The fraction of sp³-hybridized carbons (Fsp3) is 0.417. The van der Waals surface area contributed by atoms with Gasteiger partial charge in [0.15, 0.2) is 6.61 Å². The zero-order valence-electron chi connectivity index (χ0n) is 17.9. The molecule has 2 aliphatic heterocycles. The summed E-state index contributed by atoms with van der Waals surface area (Å²) in [5.74, 6) is 0.583. The Labute approximate surface area is 197 Å². The van der Waals surface area contributed by atoms with Gasteiger partial charge in [-0.25, -0.2) is 0 Å². The summed E-state index contributed by atoms with van der Waals surface area (Å²) in [6.07, 6.45) is 0.772. The summed E-state index contributed by atoms with van der Waals surface area (Å²) in [5.41, 5.74) is 2.33. The second kappa shape index (κ2) is 10.1. The molecule has 0 unspecified atom stereocenters. The third-order valence-corrected chi connectivity index (χ3v) is 6.39. The number of nitrogens with zero attached hydrogens (tertiary/aromatic N) is 1. The molecular weight excluding hydrogens is 451 g/mol. The minimum atomic E-state index is -0.477. The molecule has 0 radical (unpaired) electrons. The third kappa shape index (κ3) is 5.55. The van der Waals surface area contributed by atoms with Crippen LogP contribution in [0.25, 0.3) is 0 Å². The molecule has 1 saturated heterocycles. The smallest absolute Gasteiger partial charge is 0.258 e. The highest BCUT2D eigenvalue weighted by Crippen LogP contribution is 2.31. The summed E-state index contributed by atoms with van der Waals surface area (Å²) in [4.78, 5) is 27.1. The van der Waals surface area contributed by atoms with Crippen LogP contribution in [0.4, 0.5) is 0 Å². The standard InChI is InChI=1S/C24H26Cl2N2O4/c1-15-11-28(12-16-2-3-18(26)10-21(15)16)24(30)22-9-6-19(13-32-22)27-23(29)14-31-20-7-4-17(25)5-8-20/h2-5,7-8,10,15,19,22H,6,9,11-14H2,1H3,(H,27,29)/t15-,19-,22+/m0/s1. The molecular formula is C24H26Cl2N2O4. The maximum Gasteiger partial charge on any atom is 0.258 e. The molecule has 6 nitrogen and oxygen atoms in total. The van der Waals surface area contributed by atoms with Crippen molar-refractivity contribution in [2.75, 3.05) is 19.8 Å². The van der Waals surface area contributed by atoms with Gasteiger partial charge in [0.2, 0.25) is 0 Å². The van der Waals surface area contributed by atoms with E-state index in [1.54, 1.807) is 24.3 Å². The zero-order valence-corrected chi connectivity index (χ0v) is 19.4. The number of ether oxygens (including phenoxy) is 2. The topological polar surface area (TPSA) is 67.9 Å². The van der Waals surface area contributed by atoms with Gasteiger partial charge in [0, 0.05) is 23.1 Å². The Kier molecular flexibility index (Phi) is 7.23. The molecule has 0 aliphatic carbocycles. The second-order valence-corrected chi connectivity index (χ2v) is 9.24. The van der Waals surface area contributed by atoms with Crippen LogP contribution in [0.15, 0.2) is 42.5 Å². The lowest BCUT2D eigenvalue weighted by molar-refractivity contribution is -0.149. The molecule has 4 rings (SSSR count). The minimum absolute atomic E-state index is 0.00768. The van der Waals surface area contributed by atoms with Crippen molar-refractivity contribution in [3.63, 3.8) is 0 Å². The maximum atomic E-state index is 13.0. The fourth-order valence-corrected chi connectivity index (χ4v) is 4.55. The number of amides is 2. The summed E-state index contributed by atoms with van der Waals surface area (Å²) in [7, 11) is 0. The van der Waals surface area contributed by atoms with Gasteiger partial charge in [0.1, 0.15) is 11.9 Å². The van der Waals surface area contributed by atoms with Crippen LogP contribution < -0.4 is 10.1 Å². The highest BCUT2D eigenvalue weighted by Gasteiger charge is 2.34. The van der Waals surface area contributed by atoms with E-state index in [9.17, 15) is 9.59 Å². The van der Waals surface area contributed by atoms with Crippen LogP contribution in [0, 0.1) is 0 Å².